The molecule has 0 bridgehead atoms. The van der Waals surface area contributed by atoms with E-state index < -0.39 is 15.9 Å². The zero-order valence-corrected chi connectivity index (χ0v) is 9.26. The number of primary sulfonamides is 1. The summed E-state index contributed by atoms with van der Waals surface area (Å²) in [5.74, 6) is -0.791. The summed E-state index contributed by atoms with van der Waals surface area (Å²) >= 11 is 0. The minimum Gasteiger partial charge on any atom is -0.366 e. The third kappa shape index (κ3) is 2.16. The number of hydrogen-bond acceptors (Lipinski definition) is 3. The Bertz CT molecular complexity index is 520. The highest BCUT2D eigenvalue weighted by Gasteiger charge is 2.20. The second-order valence-electron chi connectivity index (χ2n) is 3.29. The Morgan fingerprint density at radius 3 is 2.20 bits per heavy atom. The molecular formula is C9H12N2O3S. The van der Waals surface area contributed by atoms with Gasteiger partial charge in [-0.25, -0.2) is 13.6 Å². The molecule has 4 N–H and O–H groups in total. The highest BCUT2D eigenvalue weighted by atomic mass is 32.2. The maximum atomic E-state index is 11.2. The van der Waals surface area contributed by atoms with Crippen molar-refractivity contribution in [1.82, 2.24) is 0 Å². The number of nitrogens with two attached hydrogens (primary N) is 2. The fourth-order valence-electron chi connectivity index (χ4n) is 1.33. The lowest BCUT2D eigenvalue weighted by atomic mass is 10.0. The molecule has 0 heterocycles. The average molecular weight is 228 g/mol. The fraction of sp³-hybridized carbons (Fsp3) is 0.222. The molecule has 1 amide bonds. The summed E-state index contributed by atoms with van der Waals surface area (Å²) in [4.78, 5) is 10.9. The summed E-state index contributed by atoms with van der Waals surface area (Å²) in [6, 6.07) is 2.87. The van der Waals surface area contributed by atoms with Crippen molar-refractivity contribution in [2.75, 3.05) is 0 Å². The van der Waals surface area contributed by atoms with Crippen LogP contribution < -0.4 is 10.9 Å². The standard InChI is InChI=1S/C9H12N2O3S/c1-5-3-4-7(15(11,13)14)8(6(5)2)9(10)12/h3-4H,1-2H3,(H2,10,12)(H2,11,13,14). The minimum atomic E-state index is -3.92. The normalized spacial score (nSPS) is 11.4. The van der Waals surface area contributed by atoms with Crippen molar-refractivity contribution in [3.8, 4) is 0 Å². The van der Waals surface area contributed by atoms with Crippen LogP contribution >= 0.6 is 0 Å². The Morgan fingerprint density at radius 2 is 1.80 bits per heavy atom. The summed E-state index contributed by atoms with van der Waals surface area (Å²) in [6.07, 6.45) is 0. The van der Waals surface area contributed by atoms with Crippen LogP contribution in [0, 0.1) is 13.8 Å². The number of aryl methyl sites for hydroxylation is 1. The molecule has 0 radical (unpaired) electrons. The summed E-state index contributed by atoms with van der Waals surface area (Å²) < 4.78 is 22.4. The molecule has 0 aliphatic carbocycles. The van der Waals surface area contributed by atoms with Gasteiger partial charge in [0.25, 0.3) is 0 Å². The van der Waals surface area contributed by atoms with E-state index in [-0.39, 0.29) is 10.5 Å². The van der Waals surface area contributed by atoms with Crippen molar-refractivity contribution >= 4 is 15.9 Å². The zero-order valence-electron chi connectivity index (χ0n) is 8.44. The predicted molar refractivity (Wildman–Crippen MR) is 55.8 cm³/mol. The summed E-state index contributed by atoms with van der Waals surface area (Å²) in [6.45, 7) is 3.39. The van der Waals surface area contributed by atoms with Gasteiger partial charge in [0, 0.05) is 0 Å². The maximum absolute atomic E-state index is 11.2. The Morgan fingerprint density at radius 1 is 1.27 bits per heavy atom. The Balaban J connectivity index is 3.70. The Hall–Kier alpha value is -1.40. The molecule has 5 nitrogen and oxygen atoms in total. The van der Waals surface area contributed by atoms with Crippen LogP contribution in [0.2, 0.25) is 0 Å². The Kier molecular flexibility index (Phi) is 2.83. The molecule has 0 unspecified atom stereocenters. The number of amides is 1. The molecule has 0 aromatic heterocycles. The number of sulfonamides is 1. The van der Waals surface area contributed by atoms with Crippen LogP contribution in [0.4, 0.5) is 0 Å². The van der Waals surface area contributed by atoms with Crippen molar-refractivity contribution in [3.63, 3.8) is 0 Å². The Labute approximate surface area is 88.1 Å². The number of carbonyl (C=O) groups is 1. The molecule has 0 spiro atoms. The molecule has 1 aromatic carbocycles. The van der Waals surface area contributed by atoms with Gasteiger partial charge in [-0.2, -0.15) is 0 Å². The molecule has 1 rings (SSSR count). The van der Waals surface area contributed by atoms with Crippen molar-refractivity contribution in [2.24, 2.45) is 10.9 Å². The highest BCUT2D eigenvalue weighted by molar-refractivity contribution is 7.89. The van der Waals surface area contributed by atoms with Crippen molar-refractivity contribution in [1.29, 1.82) is 0 Å². The van der Waals surface area contributed by atoms with Crippen molar-refractivity contribution < 1.29 is 13.2 Å². The van der Waals surface area contributed by atoms with Crippen LogP contribution in [0.1, 0.15) is 21.5 Å². The first kappa shape index (κ1) is 11.7. The van der Waals surface area contributed by atoms with Gasteiger partial charge in [0.05, 0.1) is 10.5 Å². The molecule has 0 saturated heterocycles. The van der Waals surface area contributed by atoms with Crippen LogP contribution in [0.5, 0.6) is 0 Å². The van der Waals surface area contributed by atoms with E-state index in [0.717, 1.165) is 5.56 Å². The lowest BCUT2D eigenvalue weighted by Crippen LogP contribution is -2.22. The second kappa shape index (κ2) is 3.63. The molecule has 15 heavy (non-hydrogen) atoms. The molecule has 0 atom stereocenters. The van der Waals surface area contributed by atoms with Gasteiger partial charge in [-0.1, -0.05) is 6.07 Å². The van der Waals surface area contributed by atoms with E-state index in [2.05, 4.69) is 0 Å². The molecule has 0 aliphatic heterocycles. The van der Waals surface area contributed by atoms with Gasteiger partial charge < -0.3 is 5.73 Å². The smallest absolute Gasteiger partial charge is 0.250 e. The third-order valence-electron chi connectivity index (χ3n) is 2.25. The van der Waals surface area contributed by atoms with Gasteiger partial charge >= 0.3 is 0 Å². The van der Waals surface area contributed by atoms with E-state index in [1.807, 2.05) is 0 Å². The zero-order chi connectivity index (χ0) is 11.8. The number of rotatable bonds is 2. The van der Waals surface area contributed by atoms with E-state index in [4.69, 9.17) is 10.9 Å². The third-order valence-corrected chi connectivity index (χ3v) is 3.20. The van der Waals surface area contributed by atoms with E-state index >= 15 is 0 Å². The predicted octanol–water partition coefficient (Wildman–Crippen LogP) is 0.0497. The van der Waals surface area contributed by atoms with Gasteiger partial charge in [-0.05, 0) is 31.0 Å². The number of benzene rings is 1. The topological polar surface area (TPSA) is 103 Å². The lowest BCUT2D eigenvalue weighted by molar-refractivity contribution is 0.0996. The first-order valence-corrected chi connectivity index (χ1v) is 5.72. The molecule has 0 aliphatic rings. The maximum Gasteiger partial charge on any atom is 0.250 e. The van der Waals surface area contributed by atoms with Gasteiger partial charge in [-0.15, -0.1) is 0 Å². The summed E-state index contributed by atoms with van der Waals surface area (Å²) in [7, 11) is -3.92. The lowest BCUT2D eigenvalue weighted by Gasteiger charge is -2.09. The van der Waals surface area contributed by atoms with E-state index in [1.54, 1.807) is 19.9 Å². The monoisotopic (exact) mass is 228 g/mol. The minimum absolute atomic E-state index is 0.0301. The largest absolute Gasteiger partial charge is 0.366 e. The van der Waals surface area contributed by atoms with Crippen molar-refractivity contribution in [3.05, 3.63) is 28.8 Å². The molecule has 6 heteroatoms. The molecule has 0 saturated carbocycles. The first-order chi connectivity index (χ1) is 6.75. The van der Waals surface area contributed by atoms with Crippen LogP contribution in [-0.4, -0.2) is 14.3 Å². The number of carbonyl (C=O) groups excluding carboxylic acids is 1. The first-order valence-electron chi connectivity index (χ1n) is 4.18. The average Bonchev–Trinajstić information content (AvgIpc) is 2.06. The molecule has 82 valence electrons. The van der Waals surface area contributed by atoms with Gasteiger partial charge in [0.2, 0.25) is 15.9 Å². The molecule has 0 fully saturated rings. The van der Waals surface area contributed by atoms with Crippen LogP contribution in [0.15, 0.2) is 17.0 Å². The molecular weight excluding hydrogens is 216 g/mol. The van der Waals surface area contributed by atoms with Crippen molar-refractivity contribution in [2.45, 2.75) is 18.7 Å². The van der Waals surface area contributed by atoms with E-state index in [0.29, 0.717) is 5.56 Å². The van der Waals surface area contributed by atoms with Crippen LogP contribution in [0.3, 0.4) is 0 Å². The summed E-state index contributed by atoms with van der Waals surface area (Å²) in [5.41, 5.74) is 6.42. The molecule has 1 aromatic rings. The number of hydrogen-bond donors (Lipinski definition) is 2. The quantitative estimate of drug-likeness (QED) is 0.747. The van der Waals surface area contributed by atoms with Gasteiger partial charge in [0.15, 0.2) is 0 Å². The number of primary amides is 1. The SMILES string of the molecule is Cc1ccc(S(N)(=O)=O)c(C(N)=O)c1C. The van der Waals surface area contributed by atoms with Gasteiger partial charge in [-0.3, -0.25) is 4.79 Å². The van der Waals surface area contributed by atoms with E-state index in [1.165, 1.54) is 6.07 Å². The fourth-order valence-corrected chi connectivity index (χ4v) is 2.13. The van der Waals surface area contributed by atoms with Gasteiger partial charge in [0.1, 0.15) is 0 Å². The second-order valence-corrected chi connectivity index (χ2v) is 4.82. The van der Waals surface area contributed by atoms with E-state index in [9.17, 15) is 13.2 Å². The van der Waals surface area contributed by atoms with Crippen LogP contribution in [0.25, 0.3) is 0 Å². The summed E-state index contributed by atoms with van der Waals surface area (Å²) in [5, 5.41) is 4.98. The highest BCUT2D eigenvalue weighted by Crippen LogP contribution is 2.20. The van der Waals surface area contributed by atoms with Crippen LogP contribution in [-0.2, 0) is 10.0 Å².